The molecule has 0 radical (unpaired) electrons. The first kappa shape index (κ1) is 21.2. The summed E-state index contributed by atoms with van der Waals surface area (Å²) < 4.78 is 25.1. The van der Waals surface area contributed by atoms with E-state index in [0.717, 1.165) is 51.1 Å². The van der Waals surface area contributed by atoms with Crippen LogP contribution in [0.4, 0.5) is 9.18 Å². The van der Waals surface area contributed by atoms with E-state index in [1.807, 2.05) is 17.0 Å². The Morgan fingerprint density at radius 1 is 1.00 bits per heavy atom. The number of rotatable bonds is 5. The average molecular weight is 440 g/mol. The number of carbonyl (C=O) groups is 1. The maximum Gasteiger partial charge on any atom is 0.410 e. The van der Waals surface area contributed by atoms with Crippen LogP contribution in [0, 0.1) is 5.82 Å². The van der Waals surface area contributed by atoms with Gasteiger partial charge in [-0.2, -0.15) is 0 Å². The molecular formula is C25H30FN3O3. The SMILES string of the molecule is COc1ccc(CN2CCC3(CC2)OC(=O)N2CCN(Cc4ccccc4)CC23)cc1F. The zero-order valence-electron chi connectivity index (χ0n) is 18.5. The molecule has 3 heterocycles. The molecule has 32 heavy (non-hydrogen) atoms. The maximum atomic E-state index is 14.1. The van der Waals surface area contributed by atoms with Gasteiger partial charge in [0, 0.05) is 58.7 Å². The molecule has 2 aromatic carbocycles. The Hall–Kier alpha value is -2.64. The fourth-order valence-corrected chi connectivity index (χ4v) is 5.39. The molecule has 0 aromatic heterocycles. The highest BCUT2D eigenvalue weighted by Crippen LogP contribution is 2.40. The van der Waals surface area contributed by atoms with Gasteiger partial charge >= 0.3 is 6.09 Å². The molecule has 0 bridgehead atoms. The van der Waals surface area contributed by atoms with Crippen molar-refractivity contribution in [3.63, 3.8) is 0 Å². The summed E-state index contributed by atoms with van der Waals surface area (Å²) in [6.45, 7) is 5.64. The molecule has 1 spiro atoms. The Kier molecular flexibility index (Phi) is 5.78. The van der Waals surface area contributed by atoms with Crippen LogP contribution in [0.1, 0.15) is 24.0 Å². The molecule has 1 atom stereocenters. The van der Waals surface area contributed by atoms with E-state index in [-0.39, 0.29) is 23.7 Å². The van der Waals surface area contributed by atoms with Crippen molar-refractivity contribution in [3.05, 3.63) is 65.5 Å². The van der Waals surface area contributed by atoms with Crippen molar-refractivity contribution in [2.24, 2.45) is 0 Å². The van der Waals surface area contributed by atoms with E-state index in [1.54, 1.807) is 12.1 Å². The third-order valence-electron chi connectivity index (χ3n) is 7.17. The molecule has 0 aliphatic carbocycles. The van der Waals surface area contributed by atoms with Crippen LogP contribution in [-0.4, -0.2) is 72.3 Å². The standard InChI is InChI=1S/C25H30FN3O3/c1-31-22-8-7-20(15-21(22)26)17-27-11-9-25(10-12-27)23-18-28(13-14-29(23)24(30)32-25)16-19-5-3-2-4-6-19/h2-8,15,23H,9-14,16-18H2,1H3. The molecule has 170 valence electrons. The number of nitrogens with zero attached hydrogens (tertiary/aromatic N) is 3. The molecule has 6 nitrogen and oxygen atoms in total. The Labute approximate surface area is 188 Å². The van der Waals surface area contributed by atoms with Crippen molar-refractivity contribution < 1.29 is 18.7 Å². The van der Waals surface area contributed by atoms with E-state index in [2.05, 4.69) is 34.1 Å². The van der Waals surface area contributed by atoms with Crippen LogP contribution in [0.25, 0.3) is 0 Å². The van der Waals surface area contributed by atoms with E-state index < -0.39 is 5.60 Å². The highest BCUT2D eigenvalue weighted by atomic mass is 19.1. The van der Waals surface area contributed by atoms with E-state index in [4.69, 9.17) is 9.47 Å². The molecule has 0 N–H and O–H groups in total. The number of ether oxygens (including phenoxy) is 2. The molecule has 3 fully saturated rings. The highest BCUT2D eigenvalue weighted by Gasteiger charge is 2.56. The lowest BCUT2D eigenvalue weighted by Gasteiger charge is -2.45. The van der Waals surface area contributed by atoms with Gasteiger partial charge in [-0.25, -0.2) is 9.18 Å². The summed E-state index contributed by atoms with van der Waals surface area (Å²) in [4.78, 5) is 19.3. The summed E-state index contributed by atoms with van der Waals surface area (Å²) in [5.41, 5.74) is 1.80. The Morgan fingerprint density at radius 2 is 1.75 bits per heavy atom. The van der Waals surface area contributed by atoms with Crippen molar-refractivity contribution in [2.75, 3.05) is 39.8 Å². The minimum atomic E-state index is -0.423. The fourth-order valence-electron chi connectivity index (χ4n) is 5.39. The third-order valence-corrected chi connectivity index (χ3v) is 7.17. The minimum absolute atomic E-state index is 0.0908. The number of fused-ring (bicyclic) bond motifs is 2. The Morgan fingerprint density at radius 3 is 2.47 bits per heavy atom. The first-order valence-electron chi connectivity index (χ1n) is 11.4. The van der Waals surface area contributed by atoms with Crippen molar-refractivity contribution >= 4 is 6.09 Å². The molecule has 2 aromatic rings. The van der Waals surface area contributed by atoms with Gasteiger partial charge in [-0.3, -0.25) is 14.7 Å². The highest BCUT2D eigenvalue weighted by molar-refractivity contribution is 5.72. The number of piperazine rings is 1. The summed E-state index contributed by atoms with van der Waals surface area (Å²) in [6.07, 6.45) is 1.44. The number of hydrogen-bond acceptors (Lipinski definition) is 5. The Bertz CT molecular complexity index is 962. The van der Waals surface area contributed by atoms with E-state index >= 15 is 0 Å². The maximum absolute atomic E-state index is 14.1. The molecule has 3 aliphatic heterocycles. The number of methoxy groups -OCH3 is 1. The zero-order valence-corrected chi connectivity index (χ0v) is 18.5. The number of piperidine rings is 1. The van der Waals surface area contributed by atoms with Crippen LogP contribution in [-0.2, 0) is 17.8 Å². The molecule has 7 heteroatoms. The third kappa shape index (κ3) is 4.07. The fraction of sp³-hybridized carbons (Fsp3) is 0.480. The minimum Gasteiger partial charge on any atom is -0.494 e. The van der Waals surface area contributed by atoms with Gasteiger partial charge in [0.1, 0.15) is 5.60 Å². The van der Waals surface area contributed by atoms with Crippen LogP contribution in [0.2, 0.25) is 0 Å². The molecule has 3 saturated heterocycles. The monoisotopic (exact) mass is 439 g/mol. The molecule has 5 rings (SSSR count). The lowest BCUT2D eigenvalue weighted by atomic mass is 9.83. The summed E-state index contributed by atoms with van der Waals surface area (Å²) in [6, 6.07) is 15.7. The van der Waals surface area contributed by atoms with E-state index in [9.17, 15) is 9.18 Å². The first-order valence-corrected chi connectivity index (χ1v) is 11.4. The van der Waals surface area contributed by atoms with Gasteiger partial charge in [0.15, 0.2) is 11.6 Å². The first-order chi connectivity index (χ1) is 15.6. The number of amides is 1. The van der Waals surface area contributed by atoms with Gasteiger partial charge in [-0.15, -0.1) is 0 Å². The summed E-state index contributed by atoms with van der Waals surface area (Å²) >= 11 is 0. The second-order valence-electron chi connectivity index (χ2n) is 9.11. The van der Waals surface area contributed by atoms with Gasteiger partial charge in [0.25, 0.3) is 0 Å². The second-order valence-corrected chi connectivity index (χ2v) is 9.11. The number of halogens is 1. The smallest absolute Gasteiger partial charge is 0.410 e. The lowest BCUT2D eigenvalue weighted by molar-refractivity contribution is -0.0368. The zero-order chi connectivity index (χ0) is 22.1. The van der Waals surface area contributed by atoms with Crippen molar-refractivity contribution in [1.29, 1.82) is 0 Å². The quantitative estimate of drug-likeness (QED) is 0.714. The molecular weight excluding hydrogens is 409 g/mol. The molecule has 3 aliphatic rings. The topological polar surface area (TPSA) is 45.3 Å². The summed E-state index contributed by atoms with van der Waals surface area (Å²) in [7, 11) is 1.47. The number of likely N-dealkylation sites (tertiary alicyclic amines) is 1. The van der Waals surface area contributed by atoms with Gasteiger partial charge in [0.05, 0.1) is 13.2 Å². The van der Waals surface area contributed by atoms with Crippen LogP contribution >= 0.6 is 0 Å². The molecule has 1 unspecified atom stereocenters. The molecule has 1 amide bonds. The number of benzene rings is 2. The largest absolute Gasteiger partial charge is 0.494 e. The summed E-state index contributed by atoms with van der Waals surface area (Å²) in [5.74, 6) is -0.0683. The average Bonchev–Trinajstić information content (AvgIpc) is 3.07. The van der Waals surface area contributed by atoms with Gasteiger partial charge in [0.2, 0.25) is 0 Å². The lowest BCUT2D eigenvalue weighted by Crippen LogP contribution is -2.60. The van der Waals surface area contributed by atoms with Gasteiger partial charge < -0.3 is 9.47 Å². The van der Waals surface area contributed by atoms with Crippen LogP contribution < -0.4 is 4.74 Å². The Balaban J connectivity index is 1.23. The number of hydrogen-bond donors (Lipinski definition) is 0. The van der Waals surface area contributed by atoms with Crippen LogP contribution in [0.3, 0.4) is 0 Å². The van der Waals surface area contributed by atoms with E-state index in [1.165, 1.54) is 12.7 Å². The van der Waals surface area contributed by atoms with Crippen molar-refractivity contribution in [3.8, 4) is 5.75 Å². The normalized spacial score (nSPS) is 23.2. The van der Waals surface area contributed by atoms with Crippen LogP contribution in [0.5, 0.6) is 5.75 Å². The second kappa shape index (κ2) is 8.71. The predicted molar refractivity (Wildman–Crippen MR) is 119 cm³/mol. The summed E-state index contributed by atoms with van der Waals surface area (Å²) in [5, 5.41) is 0. The number of carbonyl (C=O) groups excluding carboxylic acids is 1. The van der Waals surface area contributed by atoms with Crippen LogP contribution in [0.15, 0.2) is 48.5 Å². The van der Waals surface area contributed by atoms with E-state index in [0.29, 0.717) is 13.1 Å². The van der Waals surface area contributed by atoms with Gasteiger partial charge in [-0.1, -0.05) is 36.4 Å². The predicted octanol–water partition coefficient (Wildman–Crippen LogP) is 3.51. The van der Waals surface area contributed by atoms with Crippen molar-refractivity contribution in [2.45, 2.75) is 37.6 Å². The van der Waals surface area contributed by atoms with Gasteiger partial charge in [-0.05, 0) is 23.3 Å². The molecule has 0 saturated carbocycles. The van der Waals surface area contributed by atoms with Crippen molar-refractivity contribution in [1.82, 2.24) is 14.7 Å².